The normalized spacial score (nSPS) is 11.5. The Balaban J connectivity index is 2.35. The lowest BCUT2D eigenvalue weighted by molar-refractivity contribution is 0.482. The Morgan fingerprint density at radius 2 is 1.84 bits per heavy atom. The number of nitrogen functional groups attached to an aromatic ring is 1. The third-order valence-electron chi connectivity index (χ3n) is 3.90. The maximum absolute atomic E-state index is 5.94. The van der Waals surface area contributed by atoms with Crippen LogP contribution in [0.2, 0.25) is 0 Å². The summed E-state index contributed by atoms with van der Waals surface area (Å²) in [4.78, 5) is 4.56. The van der Waals surface area contributed by atoms with E-state index >= 15 is 0 Å². The SMILES string of the molecule is CCC(=C/C(=C\C(C)C)c1cc(Oc2cccc(N)c2)ccn1)CC. The number of aromatic nitrogens is 1. The quantitative estimate of drug-likeness (QED) is 0.481. The molecule has 1 aromatic carbocycles. The van der Waals surface area contributed by atoms with Crippen LogP contribution in [0.5, 0.6) is 11.5 Å². The smallest absolute Gasteiger partial charge is 0.131 e. The van der Waals surface area contributed by atoms with Gasteiger partial charge in [-0.25, -0.2) is 0 Å². The molecule has 25 heavy (non-hydrogen) atoms. The van der Waals surface area contributed by atoms with Gasteiger partial charge in [0.05, 0.1) is 5.69 Å². The van der Waals surface area contributed by atoms with Gasteiger partial charge in [-0.15, -0.1) is 0 Å². The molecule has 0 amide bonds. The molecule has 0 aliphatic heterocycles. The number of benzene rings is 1. The van der Waals surface area contributed by atoms with E-state index in [0.29, 0.717) is 11.6 Å². The zero-order valence-corrected chi connectivity index (χ0v) is 15.6. The molecular weight excluding hydrogens is 308 g/mol. The zero-order chi connectivity index (χ0) is 18.2. The highest BCUT2D eigenvalue weighted by Gasteiger charge is 2.06. The van der Waals surface area contributed by atoms with E-state index in [4.69, 9.17) is 10.5 Å². The summed E-state index contributed by atoms with van der Waals surface area (Å²) in [7, 11) is 0. The molecule has 0 spiro atoms. The van der Waals surface area contributed by atoms with Gasteiger partial charge in [0, 0.05) is 24.0 Å². The Hall–Kier alpha value is -2.55. The molecule has 1 aromatic heterocycles. The van der Waals surface area contributed by atoms with Gasteiger partial charge in [-0.3, -0.25) is 4.98 Å². The molecule has 0 saturated carbocycles. The van der Waals surface area contributed by atoms with E-state index in [1.165, 1.54) is 5.57 Å². The maximum Gasteiger partial charge on any atom is 0.131 e. The number of nitrogens with zero attached hydrogens (tertiary/aromatic N) is 1. The standard InChI is InChI=1S/C22H28N2O/c1-5-17(6-2)13-18(12-16(3)4)22-15-21(10-11-24-22)25-20-9-7-8-19(23)14-20/h7-16H,5-6,23H2,1-4H3/b18-12+. The van der Waals surface area contributed by atoms with Gasteiger partial charge in [0.2, 0.25) is 0 Å². The fourth-order valence-electron chi connectivity index (χ4n) is 2.59. The van der Waals surface area contributed by atoms with Crippen LogP contribution in [-0.2, 0) is 0 Å². The van der Waals surface area contributed by atoms with E-state index in [1.807, 2.05) is 36.4 Å². The Morgan fingerprint density at radius 3 is 2.48 bits per heavy atom. The first kappa shape index (κ1) is 18.8. The molecule has 2 aromatic rings. The van der Waals surface area contributed by atoms with Crippen molar-refractivity contribution in [3.05, 3.63) is 66.0 Å². The van der Waals surface area contributed by atoms with Gasteiger partial charge in [-0.1, -0.05) is 51.5 Å². The van der Waals surface area contributed by atoms with Crippen molar-refractivity contribution in [2.45, 2.75) is 40.5 Å². The topological polar surface area (TPSA) is 48.1 Å². The molecule has 1 heterocycles. The Labute approximate surface area is 151 Å². The summed E-state index contributed by atoms with van der Waals surface area (Å²) in [5.74, 6) is 1.93. The van der Waals surface area contributed by atoms with Crippen molar-refractivity contribution in [2.24, 2.45) is 5.92 Å². The van der Waals surface area contributed by atoms with Gasteiger partial charge < -0.3 is 10.5 Å². The van der Waals surface area contributed by atoms with Crippen molar-refractivity contribution in [3.63, 3.8) is 0 Å². The van der Waals surface area contributed by atoms with E-state index in [2.05, 4.69) is 44.8 Å². The van der Waals surface area contributed by atoms with Gasteiger partial charge in [-0.2, -0.15) is 0 Å². The molecule has 0 atom stereocenters. The summed E-state index contributed by atoms with van der Waals surface area (Å²) in [5, 5.41) is 0. The number of hydrogen-bond acceptors (Lipinski definition) is 3. The molecule has 3 heteroatoms. The van der Waals surface area contributed by atoms with Crippen LogP contribution in [-0.4, -0.2) is 4.98 Å². The van der Waals surface area contributed by atoms with Crippen molar-refractivity contribution in [1.82, 2.24) is 4.98 Å². The minimum Gasteiger partial charge on any atom is -0.457 e. The molecular formula is C22H28N2O. The molecule has 0 radical (unpaired) electrons. The van der Waals surface area contributed by atoms with Gasteiger partial charge in [0.15, 0.2) is 0 Å². The predicted molar refractivity (Wildman–Crippen MR) is 107 cm³/mol. The third kappa shape index (κ3) is 5.79. The lowest BCUT2D eigenvalue weighted by Gasteiger charge is -2.10. The van der Waals surface area contributed by atoms with Gasteiger partial charge >= 0.3 is 0 Å². The summed E-state index contributed by atoms with van der Waals surface area (Å²) in [6.45, 7) is 8.74. The summed E-state index contributed by atoms with van der Waals surface area (Å²) in [6.07, 6.45) is 8.39. The fraction of sp³-hybridized carbons (Fsp3) is 0.318. The van der Waals surface area contributed by atoms with Crippen LogP contribution in [0.4, 0.5) is 5.69 Å². The molecule has 0 bridgehead atoms. The second-order valence-electron chi connectivity index (χ2n) is 6.43. The first-order chi connectivity index (χ1) is 12.0. The largest absolute Gasteiger partial charge is 0.457 e. The highest BCUT2D eigenvalue weighted by molar-refractivity contribution is 5.73. The first-order valence-electron chi connectivity index (χ1n) is 8.92. The molecule has 3 nitrogen and oxygen atoms in total. The van der Waals surface area contributed by atoms with E-state index in [-0.39, 0.29) is 0 Å². The number of ether oxygens (including phenoxy) is 1. The molecule has 0 aliphatic carbocycles. The van der Waals surface area contributed by atoms with Crippen LogP contribution in [0.3, 0.4) is 0 Å². The molecule has 0 aliphatic rings. The van der Waals surface area contributed by atoms with Gasteiger partial charge in [0.25, 0.3) is 0 Å². The second kappa shape index (κ2) is 9.07. The number of allylic oxidation sites excluding steroid dienone is 4. The average Bonchev–Trinajstić information content (AvgIpc) is 2.58. The van der Waals surface area contributed by atoms with Gasteiger partial charge in [-0.05, 0) is 42.5 Å². The summed E-state index contributed by atoms with van der Waals surface area (Å²) in [6, 6.07) is 11.3. The van der Waals surface area contributed by atoms with Crippen LogP contribution in [0.25, 0.3) is 5.57 Å². The van der Waals surface area contributed by atoms with E-state index in [1.54, 1.807) is 6.20 Å². The average molecular weight is 336 g/mol. The molecule has 0 saturated heterocycles. The molecule has 2 rings (SSSR count). The monoisotopic (exact) mass is 336 g/mol. The number of rotatable bonds is 7. The van der Waals surface area contributed by atoms with E-state index < -0.39 is 0 Å². The number of hydrogen-bond donors (Lipinski definition) is 1. The Morgan fingerprint density at radius 1 is 1.12 bits per heavy atom. The molecule has 132 valence electrons. The summed E-state index contributed by atoms with van der Waals surface area (Å²) >= 11 is 0. The summed E-state index contributed by atoms with van der Waals surface area (Å²) < 4.78 is 5.94. The number of anilines is 1. The van der Waals surface area contributed by atoms with Crippen LogP contribution in [0, 0.1) is 5.92 Å². The molecule has 2 N–H and O–H groups in total. The van der Waals surface area contributed by atoms with E-state index in [0.717, 1.165) is 35.6 Å². The maximum atomic E-state index is 5.94. The third-order valence-corrected chi connectivity index (χ3v) is 3.90. The van der Waals surface area contributed by atoms with E-state index in [9.17, 15) is 0 Å². The van der Waals surface area contributed by atoms with Crippen LogP contribution >= 0.6 is 0 Å². The lowest BCUT2D eigenvalue weighted by atomic mass is 10.0. The van der Waals surface area contributed by atoms with Crippen molar-refractivity contribution in [2.75, 3.05) is 5.73 Å². The van der Waals surface area contributed by atoms with Crippen LogP contribution in [0.1, 0.15) is 46.2 Å². The zero-order valence-electron chi connectivity index (χ0n) is 15.6. The molecule has 0 unspecified atom stereocenters. The van der Waals surface area contributed by atoms with Crippen molar-refractivity contribution >= 4 is 11.3 Å². The highest BCUT2D eigenvalue weighted by Crippen LogP contribution is 2.27. The minimum absolute atomic E-state index is 0.446. The first-order valence-corrected chi connectivity index (χ1v) is 8.92. The van der Waals surface area contributed by atoms with Crippen LogP contribution in [0.15, 0.2) is 60.3 Å². The van der Waals surface area contributed by atoms with Crippen molar-refractivity contribution in [1.29, 1.82) is 0 Å². The van der Waals surface area contributed by atoms with Crippen molar-refractivity contribution in [3.8, 4) is 11.5 Å². The predicted octanol–water partition coefficient (Wildman–Crippen LogP) is 6.24. The molecule has 0 fully saturated rings. The number of pyridine rings is 1. The van der Waals surface area contributed by atoms with Crippen molar-refractivity contribution < 1.29 is 4.74 Å². The lowest BCUT2D eigenvalue weighted by Crippen LogP contribution is -1.94. The summed E-state index contributed by atoms with van der Waals surface area (Å²) in [5.41, 5.74) is 9.99. The Kier molecular flexibility index (Phi) is 6.81. The fourth-order valence-corrected chi connectivity index (χ4v) is 2.59. The minimum atomic E-state index is 0.446. The number of nitrogens with two attached hydrogens (primary N) is 1. The second-order valence-corrected chi connectivity index (χ2v) is 6.43. The van der Waals surface area contributed by atoms with Crippen LogP contribution < -0.4 is 10.5 Å². The highest BCUT2D eigenvalue weighted by atomic mass is 16.5. The van der Waals surface area contributed by atoms with Gasteiger partial charge in [0.1, 0.15) is 11.5 Å². The Bertz CT molecular complexity index is 754.